The van der Waals surface area contributed by atoms with Crippen LogP contribution in [0.25, 0.3) is 0 Å². The molecule has 0 saturated carbocycles. The molecule has 1 aromatic rings. The quantitative estimate of drug-likeness (QED) is 0.735. The number of carbonyl (C=O) groups is 3. The number of rotatable bonds is 6. The number of urea groups is 1. The molecule has 136 valence electrons. The van der Waals surface area contributed by atoms with E-state index in [4.69, 9.17) is 5.11 Å². The van der Waals surface area contributed by atoms with Crippen LogP contribution in [-0.2, 0) is 16.0 Å². The van der Waals surface area contributed by atoms with Crippen molar-refractivity contribution in [1.29, 1.82) is 0 Å². The van der Waals surface area contributed by atoms with E-state index < -0.39 is 12.0 Å². The molecule has 25 heavy (non-hydrogen) atoms. The van der Waals surface area contributed by atoms with Crippen LogP contribution in [0.1, 0.15) is 38.7 Å². The second-order valence-corrected chi connectivity index (χ2v) is 6.54. The molecule has 1 aliphatic rings. The molecule has 3 amide bonds. The van der Waals surface area contributed by atoms with Crippen molar-refractivity contribution in [3.8, 4) is 0 Å². The third-order valence-electron chi connectivity index (χ3n) is 4.05. The zero-order valence-electron chi connectivity index (χ0n) is 14.6. The zero-order chi connectivity index (χ0) is 18.4. The molecule has 0 aromatic heterocycles. The number of hydrogen-bond acceptors (Lipinski definition) is 3. The molecule has 1 aromatic carbocycles. The molecule has 1 saturated heterocycles. The number of aryl methyl sites for hydroxylation is 1. The molecule has 7 nitrogen and oxygen atoms in total. The molecule has 2 rings (SSSR count). The van der Waals surface area contributed by atoms with Gasteiger partial charge in [0, 0.05) is 24.7 Å². The average molecular weight is 347 g/mol. The van der Waals surface area contributed by atoms with Crippen molar-refractivity contribution in [3.05, 3.63) is 29.8 Å². The van der Waals surface area contributed by atoms with Gasteiger partial charge in [-0.15, -0.1) is 0 Å². The summed E-state index contributed by atoms with van der Waals surface area (Å²) in [5.41, 5.74) is 1.46. The summed E-state index contributed by atoms with van der Waals surface area (Å²) >= 11 is 0. The third-order valence-corrected chi connectivity index (χ3v) is 4.05. The number of likely N-dealkylation sites (tertiary alicyclic amines) is 1. The molecule has 1 fully saturated rings. The van der Waals surface area contributed by atoms with Crippen molar-refractivity contribution in [2.45, 2.75) is 51.6 Å². The normalized spacial score (nSPS) is 16.8. The van der Waals surface area contributed by atoms with Crippen LogP contribution in [0.2, 0.25) is 0 Å². The van der Waals surface area contributed by atoms with Crippen molar-refractivity contribution in [1.82, 2.24) is 10.2 Å². The Morgan fingerprint density at radius 1 is 1.32 bits per heavy atom. The highest BCUT2D eigenvalue weighted by Crippen LogP contribution is 2.20. The van der Waals surface area contributed by atoms with Gasteiger partial charge in [0.25, 0.3) is 0 Å². The van der Waals surface area contributed by atoms with Crippen LogP contribution in [-0.4, -0.2) is 46.5 Å². The zero-order valence-corrected chi connectivity index (χ0v) is 14.6. The molecular formula is C18H25N3O4. The number of anilines is 1. The van der Waals surface area contributed by atoms with Gasteiger partial charge in [0.05, 0.1) is 0 Å². The number of carboxylic acids is 1. The Hall–Kier alpha value is -2.57. The Bertz CT molecular complexity index is 645. The van der Waals surface area contributed by atoms with Crippen LogP contribution in [0.15, 0.2) is 24.3 Å². The van der Waals surface area contributed by atoms with E-state index in [1.807, 2.05) is 19.9 Å². The first-order valence-electron chi connectivity index (χ1n) is 8.55. The molecule has 7 heteroatoms. The molecule has 0 aliphatic carbocycles. The van der Waals surface area contributed by atoms with Gasteiger partial charge in [-0.3, -0.25) is 9.59 Å². The van der Waals surface area contributed by atoms with Crippen LogP contribution in [0.3, 0.4) is 0 Å². The van der Waals surface area contributed by atoms with Crippen LogP contribution in [0.4, 0.5) is 10.5 Å². The third kappa shape index (κ3) is 5.48. The first-order chi connectivity index (χ1) is 11.9. The largest absolute Gasteiger partial charge is 0.481 e. The van der Waals surface area contributed by atoms with E-state index in [1.54, 1.807) is 23.1 Å². The Morgan fingerprint density at radius 3 is 2.76 bits per heavy atom. The van der Waals surface area contributed by atoms with Gasteiger partial charge in [0.1, 0.15) is 6.04 Å². The average Bonchev–Trinajstić information content (AvgIpc) is 3.02. The van der Waals surface area contributed by atoms with Crippen LogP contribution >= 0.6 is 0 Å². The van der Waals surface area contributed by atoms with Crippen LogP contribution in [0.5, 0.6) is 0 Å². The second kappa shape index (κ2) is 8.50. The smallest absolute Gasteiger partial charge is 0.318 e. The Morgan fingerprint density at radius 2 is 2.08 bits per heavy atom. The highest BCUT2D eigenvalue weighted by Gasteiger charge is 2.34. The number of aliphatic carboxylic acids is 1. The number of nitrogens with zero attached hydrogens (tertiary/aromatic N) is 1. The monoisotopic (exact) mass is 347 g/mol. The van der Waals surface area contributed by atoms with E-state index in [-0.39, 0.29) is 24.4 Å². The maximum absolute atomic E-state index is 12.6. The van der Waals surface area contributed by atoms with Gasteiger partial charge in [-0.05, 0) is 50.8 Å². The minimum Gasteiger partial charge on any atom is -0.481 e. The summed E-state index contributed by atoms with van der Waals surface area (Å²) < 4.78 is 0. The molecule has 0 unspecified atom stereocenters. The molecule has 0 spiro atoms. The number of carboxylic acid groups (broad SMARTS) is 1. The summed E-state index contributed by atoms with van der Waals surface area (Å²) in [6, 6.07) is 6.46. The SMILES string of the molecule is CC(C)NC(=O)N1CCC[C@H]1C(=O)Nc1cccc(CCC(=O)O)c1. The van der Waals surface area contributed by atoms with Gasteiger partial charge in [-0.2, -0.15) is 0 Å². The standard InChI is InChI=1S/C18H25N3O4/c1-12(2)19-18(25)21-10-4-7-15(21)17(24)20-14-6-3-5-13(11-14)8-9-16(22)23/h3,5-6,11-12,15H,4,7-10H2,1-2H3,(H,19,25)(H,20,24)(H,22,23)/t15-/m0/s1. The topological polar surface area (TPSA) is 98.7 Å². The lowest BCUT2D eigenvalue weighted by Gasteiger charge is -2.25. The summed E-state index contributed by atoms with van der Waals surface area (Å²) in [4.78, 5) is 37.0. The van der Waals surface area contributed by atoms with Gasteiger partial charge in [-0.1, -0.05) is 12.1 Å². The summed E-state index contributed by atoms with van der Waals surface area (Å²) in [5.74, 6) is -1.07. The van der Waals surface area contributed by atoms with Gasteiger partial charge >= 0.3 is 12.0 Å². The number of carbonyl (C=O) groups excluding carboxylic acids is 2. The molecule has 1 atom stereocenters. The minimum absolute atomic E-state index is 0.0164. The molecule has 3 N–H and O–H groups in total. The van der Waals surface area contributed by atoms with Gasteiger partial charge in [0.15, 0.2) is 0 Å². The number of amides is 3. The lowest BCUT2D eigenvalue weighted by atomic mass is 10.1. The van der Waals surface area contributed by atoms with Crippen molar-refractivity contribution in [2.24, 2.45) is 0 Å². The van der Waals surface area contributed by atoms with E-state index in [1.165, 1.54) is 0 Å². The lowest BCUT2D eigenvalue weighted by molar-refractivity contribution is -0.137. The van der Waals surface area contributed by atoms with Crippen molar-refractivity contribution in [2.75, 3.05) is 11.9 Å². The Kier molecular flexibility index (Phi) is 6.38. The summed E-state index contributed by atoms with van der Waals surface area (Å²) in [6.45, 7) is 4.33. The summed E-state index contributed by atoms with van der Waals surface area (Å²) in [6.07, 6.45) is 1.88. The van der Waals surface area contributed by atoms with Gasteiger partial charge < -0.3 is 20.6 Å². The molecule has 0 bridgehead atoms. The predicted octanol–water partition coefficient (Wildman–Crippen LogP) is 2.22. The minimum atomic E-state index is -0.854. The van der Waals surface area contributed by atoms with Crippen molar-refractivity contribution < 1.29 is 19.5 Å². The fourth-order valence-corrected chi connectivity index (χ4v) is 2.89. The first-order valence-corrected chi connectivity index (χ1v) is 8.55. The van der Waals surface area contributed by atoms with E-state index in [9.17, 15) is 14.4 Å². The second-order valence-electron chi connectivity index (χ2n) is 6.54. The lowest BCUT2D eigenvalue weighted by Crippen LogP contribution is -2.49. The van der Waals surface area contributed by atoms with Crippen LogP contribution in [0, 0.1) is 0 Å². The summed E-state index contributed by atoms with van der Waals surface area (Å²) in [7, 11) is 0. The van der Waals surface area contributed by atoms with Crippen molar-refractivity contribution >= 4 is 23.6 Å². The Balaban J connectivity index is 1.99. The summed E-state index contributed by atoms with van der Waals surface area (Å²) in [5, 5.41) is 14.4. The molecule has 0 radical (unpaired) electrons. The first kappa shape index (κ1) is 18.8. The van der Waals surface area contributed by atoms with E-state index in [0.29, 0.717) is 25.1 Å². The Labute approximate surface area is 147 Å². The van der Waals surface area contributed by atoms with Crippen LogP contribution < -0.4 is 10.6 Å². The number of benzene rings is 1. The van der Waals surface area contributed by atoms with E-state index in [0.717, 1.165) is 12.0 Å². The van der Waals surface area contributed by atoms with Gasteiger partial charge in [-0.25, -0.2) is 4.79 Å². The van der Waals surface area contributed by atoms with Crippen molar-refractivity contribution in [3.63, 3.8) is 0 Å². The maximum atomic E-state index is 12.6. The van der Waals surface area contributed by atoms with E-state index >= 15 is 0 Å². The molecular weight excluding hydrogens is 322 g/mol. The predicted molar refractivity (Wildman–Crippen MR) is 94.4 cm³/mol. The maximum Gasteiger partial charge on any atom is 0.318 e. The fourth-order valence-electron chi connectivity index (χ4n) is 2.89. The molecule has 1 aliphatic heterocycles. The fraction of sp³-hybridized carbons (Fsp3) is 0.500. The van der Waals surface area contributed by atoms with E-state index in [2.05, 4.69) is 10.6 Å². The number of nitrogens with one attached hydrogen (secondary N) is 2. The molecule has 1 heterocycles. The van der Waals surface area contributed by atoms with Gasteiger partial charge in [0.2, 0.25) is 5.91 Å². The highest BCUT2D eigenvalue weighted by atomic mass is 16.4. The number of hydrogen-bond donors (Lipinski definition) is 3. The highest BCUT2D eigenvalue weighted by molar-refractivity contribution is 5.97.